The second-order valence-electron chi connectivity index (χ2n) is 5.47. The second-order valence-corrected chi connectivity index (χ2v) is 5.47. The Balaban J connectivity index is 2.52. The molecule has 0 aromatic carbocycles. The number of carbonyl (C=O) groups is 1. The Bertz CT molecular complexity index is 228. The summed E-state index contributed by atoms with van der Waals surface area (Å²) in [6, 6.07) is 0. The van der Waals surface area contributed by atoms with Crippen LogP contribution in [0.3, 0.4) is 0 Å². The summed E-state index contributed by atoms with van der Waals surface area (Å²) < 4.78 is 0. The van der Waals surface area contributed by atoms with E-state index in [0.717, 1.165) is 38.9 Å². The van der Waals surface area contributed by atoms with E-state index in [2.05, 4.69) is 18.7 Å². The van der Waals surface area contributed by atoms with Crippen LogP contribution < -0.4 is 5.73 Å². The predicted molar refractivity (Wildman–Crippen MR) is 62.4 cm³/mol. The molecule has 88 valence electrons. The van der Waals surface area contributed by atoms with Crippen LogP contribution in [0.5, 0.6) is 0 Å². The zero-order valence-electron chi connectivity index (χ0n) is 10.3. The van der Waals surface area contributed by atoms with E-state index < -0.39 is 0 Å². The van der Waals surface area contributed by atoms with Crippen molar-refractivity contribution in [1.82, 2.24) is 4.90 Å². The van der Waals surface area contributed by atoms with E-state index in [1.807, 2.05) is 6.92 Å². The van der Waals surface area contributed by atoms with Crippen molar-refractivity contribution in [3.05, 3.63) is 0 Å². The van der Waals surface area contributed by atoms with Gasteiger partial charge < -0.3 is 10.6 Å². The number of carbonyl (C=O) groups excluding carboxylic acids is 1. The van der Waals surface area contributed by atoms with E-state index in [9.17, 15) is 4.79 Å². The lowest BCUT2D eigenvalue weighted by Crippen LogP contribution is -2.36. The van der Waals surface area contributed by atoms with E-state index in [4.69, 9.17) is 5.73 Å². The van der Waals surface area contributed by atoms with Crippen LogP contribution in [0, 0.1) is 11.3 Å². The molecule has 0 aliphatic carbocycles. The topological polar surface area (TPSA) is 46.3 Å². The first-order valence-corrected chi connectivity index (χ1v) is 5.96. The van der Waals surface area contributed by atoms with Gasteiger partial charge in [0.15, 0.2) is 0 Å². The van der Waals surface area contributed by atoms with Gasteiger partial charge in [-0.1, -0.05) is 20.8 Å². The molecule has 1 atom stereocenters. The molecule has 0 radical (unpaired) electrons. The number of nitrogens with two attached hydrogens (primary N) is 1. The average molecular weight is 212 g/mol. The van der Waals surface area contributed by atoms with Gasteiger partial charge in [0, 0.05) is 12.0 Å². The average Bonchev–Trinajstić information content (AvgIpc) is 2.29. The Morgan fingerprint density at radius 1 is 1.40 bits per heavy atom. The summed E-state index contributed by atoms with van der Waals surface area (Å²) in [6.07, 6.45) is 2.94. The lowest BCUT2D eigenvalue weighted by molar-refractivity contribution is -0.127. The summed E-state index contributed by atoms with van der Waals surface area (Å²) in [4.78, 5) is 13.8. The van der Waals surface area contributed by atoms with E-state index in [-0.39, 0.29) is 11.3 Å². The highest BCUT2D eigenvalue weighted by Gasteiger charge is 2.33. The van der Waals surface area contributed by atoms with E-state index in [0.29, 0.717) is 5.92 Å². The quantitative estimate of drug-likeness (QED) is 0.772. The van der Waals surface area contributed by atoms with Crippen molar-refractivity contribution in [3.8, 4) is 0 Å². The molecule has 1 aliphatic heterocycles. The molecule has 1 fully saturated rings. The molecule has 0 bridgehead atoms. The van der Waals surface area contributed by atoms with Gasteiger partial charge in [-0.15, -0.1) is 0 Å². The van der Waals surface area contributed by atoms with Gasteiger partial charge in [-0.05, 0) is 38.3 Å². The second kappa shape index (κ2) is 4.97. The van der Waals surface area contributed by atoms with Gasteiger partial charge in [0.25, 0.3) is 0 Å². The Kier molecular flexibility index (Phi) is 4.14. The van der Waals surface area contributed by atoms with Crippen LogP contribution in [-0.2, 0) is 4.79 Å². The summed E-state index contributed by atoms with van der Waals surface area (Å²) in [6.45, 7) is 9.73. The van der Waals surface area contributed by atoms with Gasteiger partial charge in [0.1, 0.15) is 0 Å². The summed E-state index contributed by atoms with van der Waals surface area (Å²) in [7, 11) is 0. The van der Waals surface area contributed by atoms with Crippen molar-refractivity contribution in [2.24, 2.45) is 17.1 Å². The molecular formula is C12H24N2O. The largest absolute Gasteiger partial charge is 0.369 e. The van der Waals surface area contributed by atoms with E-state index in [1.165, 1.54) is 0 Å². The van der Waals surface area contributed by atoms with E-state index in [1.54, 1.807) is 0 Å². The maximum Gasteiger partial charge on any atom is 0.223 e. The van der Waals surface area contributed by atoms with Crippen LogP contribution in [0.4, 0.5) is 0 Å². The number of rotatable bonds is 3. The van der Waals surface area contributed by atoms with Gasteiger partial charge in [-0.2, -0.15) is 0 Å². The monoisotopic (exact) mass is 212 g/mol. The molecule has 0 aromatic rings. The van der Waals surface area contributed by atoms with Gasteiger partial charge in [0.05, 0.1) is 0 Å². The molecule has 0 spiro atoms. The maximum atomic E-state index is 11.4. The van der Waals surface area contributed by atoms with E-state index >= 15 is 0 Å². The van der Waals surface area contributed by atoms with Crippen molar-refractivity contribution in [3.63, 3.8) is 0 Å². The Morgan fingerprint density at radius 3 is 2.60 bits per heavy atom. The Hall–Kier alpha value is -0.570. The molecule has 1 unspecified atom stereocenters. The van der Waals surface area contributed by atoms with Crippen LogP contribution in [0.1, 0.15) is 40.0 Å². The minimum Gasteiger partial charge on any atom is -0.369 e. The maximum absolute atomic E-state index is 11.4. The third-order valence-corrected chi connectivity index (χ3v) is 3.40. The number of likely N-dealkylation sites (tertiary alicyclic amines) is 1. The minimum absolute atomic E-state index is 0.131. The van der Waals surface area contributed by atoms with Crippen molar-refractivity contribution in [2.75, 3.05) is 19.6 Å². The third-order valence-electron chi connectivity index (χ3n) is 3.40. The Labute approximate surface area is 93.0 Å². The zero-order chi connectivity index (χ0) is 11.5. The van der Waals surface area contributed by atoms with Crippen LogP contribution >= 0.6 is 0 Å². The van der Waals surface area contributed by atoms with Crippen LogP contribution in [0.2, 0.25) is 0 Å². The van der Waals surface area contributed by atoms with Gasteiger partial charge >= 0.3 is 0 Å². The molecule has 1 rings (SSSR count). The molecule has 1 heterocycles. The predicted octanol–water partition coefficient (Wildman–Crippen LogP) is 1.62. The summed E-state index contributed by atoms with van der Waals surface area (Å²) in [5, 5.41) is 0. The summed E-state index contributed by atoms with van der Waals surface area (Å²) in [5.74, 6) is 0.567. The van der Waals surface area contributed by atoms with Crippen molar-refractivity contribution in [2.45, 2.75) is 40.0 Å². The first-order valence-electron chi connectivity index (χ1n) is 5.96. The van der Waals surface area contributed by atoms with Gasteiger partial charge in [-0.25, -0.2) is 0 Å². The fraction of sp³-hybridized carbons (Fsp3) is 0.917. The van der Waals surface area contributed by atoms with Crippen LogP contribution in [-0.4, -0.2) is 30.4 Å². The molecule has 1 aliphatic rings. The molecule has 0 aromatic heterocycles. The molecule has 1 saturated heterocycles. The van der Waals surface area contributed by atoms with Crippen molar-refractivity contribution < 1.29 is 4.79 Å². The third kappa shape index (κ3) is 3.49. The first-order chi connectivity index (χ1) is 6.94. The van der Waals surface area contributed by atoms with Gasteiger partial charge in [-0.3, -0.25) is 4.79 Å². The highest BCUT2D eigenvalue weighted by molar-refractivity contribution is 5.80. The van der Waals surface area contributed by atoms with Crippen molar-refractivity contribution in [1.29, 1.82) is 0 Å². The molecule has 3 heteroatoms. The number of amides is 1. The number of hydrogen-bond donors (Lipinski definition) is 1. The SMILES string of the molecule is CC(C)CN1CCCC(C)(C(N)=O)CC1. The highest BCUT2D eigenvalue weighted by Crippen LogP contribution is 2.30. The molecule has 2 N–H and O–H groups in total. The Morgan fingerprint density at radius 2 is 2.07 bits per heavy atom. The fourth-order valence-electron chi connectivity index (χ4n) is 2.28. The smallest absolute Gasteiger partial charge is 0.223 e. The lowest BCUT2D eigenvalue weighted by Gasteiger charge is -2.25. The standard InChI is InChI=1S/C12H24N2O/c1-10(2)9-14-7-4-5-12(3,6-8-14)11(13)15/h10H,4-9H2,1-3H3,(H2,13,15). The summed E-state index contributed by atoms with van der Waals surface area (Å²) in [5.41, 5.74) is 5.19. The number of primary amides is 1. The highest BCUT2D eigenvalue weighted by atomic mass is 16.1. The van der Waals surface area contributed by atoms with Crippen molar-refractivity contribution >= 4 is 5.91 Å². The zero-order valence-corrected chi connectivity index (χ0v) is 10.3. The van der Waals surface area contributed by atoms with Gasteiger partial charge in [0.2, 0.25) is 5.91 Å². The molecule has 0 saturated carbocycles. The van der Waals surface area contributed by atoms with Crippen LogP contribution in [0.15, 0.2) is 0 Å². The number of hydrogen-bond acceptors (Lipinski definition) is 2. The fourth-order valence-corrected chi connectivity index (χ4v) is 2.28. The first kappa shape index (κ1) is 12.5. The normalized spacial score (nSPS) is 29.1. The minimum atomic E-state index is -0.272. The number of nitrogens with zero attached hydrogens (tertiary/aromatic N) is 1. The molecule has 1 amide bonds. The summed E-state index contributed by atoms with van der Waals surface area (Å²) >= 11 is 0. The molecule has 15 heavy (non-hydrogen) atoms. The lowest BCUT2D eigenvalue weighted by atomic mass is 9.82. The molecule has 3 nitrogen and oxygen atoms in total. The molecular weight excluding hydrogens is 188 g/mol. The van der Waals surface area contributed by atoms with Crippen LogP contribution in [0.25, 0.3) is 0 Å².